The summed E-state index contributed by atoms with van der Waals surface area (Å²) >= 11 is 0. The van der Waals surface area contributed by atoms with Gasteiger partial charge in [-0.05, 0) is 12.0 Å². The zero-order valence-electron chi connectivity index (χ0n) is 7.66. The molecule has 0 aliphatic rings. The molecule has 3 N–H and O–H groups in total. The molecule has 0 amide bonds. The molecule has 68 valence electrons. The third kappa shape index (κ3) is 6.80. The molecule has 0 aliphatic carbocycles. The van der Waals surface area contributed by atoms with Gasteiger partial charge in [0.1, 0.15) is 5.82 Å². The smallest absolute Gasteiger partial charge is 0.346 e. The second-order valence-electron chi connectivity index (χ2n) is 3.06. The highest BCUT2D eigenvalue weighted by atomic mass is 16.1. The SMILES string of the molecule is CC(C)C.Nc1ccnc(=O)[nH]1. The highest BCUT2D eigenvalue weighted by Crippen LogP contribution is 1.82. The van der Waals surface area contributed by atoms with Crippen LogP contribution in [0.25, 0.3) is 0 Å². The zero-order chi connectivity index (χ0) is 9.56. The third-order valence-electron chi connectivity index (χ3n) is 0.697. The molecular weight excluding hydrogens is 154 g/mol. The Morgan fingerprint density at radius 2 is 2.00 bits per heavy atom. The molecular formula is C8H15N3O. The van der Waals surface area contributed by atoms with Crippen LogP contribution in [0, 0.1) is 5.92 Å². The number of nitrogen functional groups attached to an aromatic ring is 1. The topological polar surface area (TPSA) is 71.8 Å². The standard InChI is InChI=1S/C4H5N3O.C4H10/c5-3-1-2-6-4(8)7-3;1-4(2)3/h1-2H,(H3,5,6,7,8);4H,1-3H3. The maximum Gasteiger partial charge on any atom is 0.346 e. The summed E-state index contributed by atoms with van der Waals surface area (Å²) in [6.45, 7) is 6.50. The van der Waals surface area contributed by atoms with Gasteiger partial charge in [-0.1, -0.05) is 20.8 Å². The van der Waals surface area contributed by atoms with Gasteiger partial charge in [0.15, 0.2) is 0 Å². The Bertz CT molecular complexity index is 264. The molecule has 0 saturated heterocycles. The predicted molar refractivity (Wildman–Crippen MR) is 49.8 cm³/mol. The molecule has 0 saturated carbocycles. The number of aromatic amines is 1. The summed E-state index contributed by atoms with van der Waals surface area (Å²) in [6.07, 6.45) is 1.36. The number of hydrogen-bond donors (Lipinski definition) is 2. The van der Waals surface area contributed by atoms with E-state index in [0.717, 1.165) is 5.92 Å². The molecule has 0 atom stereocenters. The van der Waals surface area contributed by atoms with E-state index in [4.69, 9.17) is 5.73 Å². The summed E-state index contributed by atoms with van der Waals surface area (Å²) in [6, 6.07) is 1.52. The van der Waals surface area contributed by atoms with Gasteiger partial charge in [0.05, 0.1) is 0 Å². The molecule has 0 aliphatic heterocycles. The lowest BCUT2D eigenvalue weighted by atomic mass is 10.3. The summed E-state index contributed by atoms with van der Waals surface area (Å²) in [5.41, 5.74) is 4.75. The minimum absolute atomic E-state index is 0.338. The first-order valence-electron chi connectivity index (χ1n) is 3.83. The molecule has 0 spiro atoms. The first-order chi connectivity index (χ1) is 5.52. The molecule has 0 unspecified atom stereocenters. The highest BCUT2D eigenvalue weighted by molar-refractivity contribution is 5.22. The average Bonchev–Trinajstić information content (AvgIpc) is 1.84. The largest absolute Gasteiger partial charge is 0.385 e. The first-order valence-corrected chi connectivity index (χ1v) is 3.83. The molecule has 12 heavy (non-hydrogen) atoms. The van der Waals surface area contributed by atoms with E-state index >= 15 is 0 Å². The Hall–Kier alpha value is -1.32. The highest BCUT2D eigenvalue weighted by Gasteiger charge is 1.80. The van der Waals surface area contributed by atoms with Gasteiger partial charge < -0.3 is 5.73 Å². The maximum atomic E-state index is 10.2. The first kappa shape index (κ1) is 10.7. The van der Waals surface area contributed by atoms with Crippen LogP contribution in [-0.2, 0) is 0 Å². The molecule has 1 aromatic heterocycles. The number of nitrogens with zero attached hydrogens (tertiary/aromatic N) is 1. The summed E-state index contributed by atoms with van der Waals surface area (Å²) in [7, 11) is 0. The predicted octanol–water partition coefficient (Wildman–Crippen LogP) is 1.01. The van der Waals surface area contributed by atoms with Crippen LogP contribution in [-0.4, -0.2) is 9.97 Å². The van der Waals surface area contributed by atoms with Crippen LogP contribution in [0.15, 0.2) is 17.1 Å². The van der Waals surface area contributed by atoms with Crippen LogP contribution in [0.2, 0.25) is 0 Å². The number of nitrogens with one attached hydrogen (secondary N) is 1. The second kappa shape index (κ2) is 5.35. The number of anilines is 1. The van der Waals surface area contributed by atoms with Gasteiger partial charge in [0.25, 0.3) is 0 Å². The van der Waals surface area contributed by atoms with Gasteiger partial charge in [-0.2, -0.15) is 0 Å². The fourth-order valence-corrected chi connectivity index (χ4v) is 0.383. The minimum Gasteiger partial charge on any atom is -0.385 e. The zero-order valence-corrected chi connectivity index (χ0v) is 7.66. The number of H-pyrrole nitrogens is 1. The van der Waals surface area contributed by atoms with Crippen molar-refractivity contribution in [1.82, 2.24) is 9.97 Å². The van der Waals surface area contributed by atoms with E-state index in [1.165, 1.54) is 12.3 Å². The van der Waals surface area contributed by atoms with Crippen LogP contribution >= 0.6 is 0 Å². The van der Waals surface area contributed by atoms with Crippen LogP contribution in [0.3, 0.4) is 0 Å². The molecule has 0 aromatic carbocycles. The minimum atomic E-state index is -0.412. The molecule has 1 rings (SSSR count). The maximum absolute atomic E-state index is 10.2. The normalized spacial score (nSPS) is 9.00. The van der Waals surface area contributed by atoms with E-state index < -0.39 is 5.69 Å². The van der Waals surface area contributed by atoms with Gasteiger partial charge in [-0.15, -0.1) is 0 Å². The van der Waals surface area contributed by atoms with Gasteiger partial charge in [0, 0.05) is 6.20 Å². The molecule has 4 nitrogen and oxygen atoms in total. The van der Waals surface area contributed by atoms with E-state index in [2.05, 4.69) is 30.7 Å². The number of rotatable bonds is 0. The average molecular weight is 169 g/mol. The Morgan fingerprint density at radius 1 is 1.50 bits per heavy atom. The Morgan fingerprint density at radius 3 is 2.25 bits per heavy atom. The number of nitrogens with two attached hydrogens (primary N) is 1. The van der Waals surface area contributed by atoms with Gasteiger partial charge >= 0.3 is 5.69 Å². The summed E-state index contributed by atoms with van der Waals surface area (Å²) in [4.78, 5) is 15.9. The van der Waals surface area contributed by atoms with Crippen molar-refractivity contribution in [2.24, 2.45) is 5.92 Å². The van der Waals surface area contributed by atoms with Crippen molar-refractivity contribution in [2.75, 3.05) is 5.73 Å². The molecule has 1 aromatic rings. The number of hydrogen-bond acceptors (Lipinski definition) is 3. The van der Waals surface area contributed by atoms with Crippen molar-refractivity contribution in [3.05, 3.63) is 22.7 Å². The lowest BCUT2D eigenvalue weighted by Crippen LogP contribution is -2.10. The Kier molecular flexibility index (Phi) is 4.76. The van der Waals surface area contributed by atoms with Crippen LogP contribution < -0.4 is 11.4 Å². The van der Waals surface area contributed by atoms with Crippen LogP contribution in [0.4, 0.5) is 5.82 Å². The van der Waals surface area contributed by atoms with E-state index in [9.17, 15) is 4.79 Å². The molecule has 4 heteroatoms. The lowest BCUT2D eigenvalue weighted by Gasteiger charge is -1.84. The van der Waals surface area contributed by atoms with Gasteiger partial charge in [0.2, 0.25) is 0 Å². The fourth-order valence-electron chi connectivity index (χ4n) is 0.383. The van der Waals surface area contributed by atoms with Crippen molar-refractivity contribution in [2.45, 2.75) is 20.8 Å². The molecule has 1 heterocycles. The van der Waals surface area contributed by atoms with E-state index in [-0.39, 0.29) is 0 Å². The van der Waals surface area contributed by atoms with E-state index in [0.29, 0.717) is 5.82 Å². The van der Waals surface area contributed by atoms with E-state index in [1.807, 2.05) is 0 Å². The monoisotopic (exact) mass is 169 g/mol. The van der Waals surface area contributed by atoms with Crippen molar-refractivity contribution in [3.63, 3.8) is 0 Å². The van der Waals surface area contributed by atoms with Crippen molar-refractivity contribution in [1.29, 1.82) is 0 Å². The van der Waals surface area contributed by atoms with Crippen LogP contribution in [0.5, 0.6) is 0 Å². The number of aromatic nitrogens is 2. The van der Waals surface area contributed by atoms with Crippen molar-refractivity contribution < 1.29 is 0 Å². The molecule has 0 fully saturated rings. The van der Waals surface area contributed by atoms with Crippen molar-refractivity contribution >= 4 is 5.82 Å². The quantitative estimate of drug-likeness (QED) is 0.609. The van der Waals surface area contributed by atoms with Gasteiger partial charge in [-0.25, -0.2) is 9.78 Å². The lowest BCUT2D eigenvalue weighted by molar-refractivity contribution is 0.737. The van der Waals surface area contributed by atoms with Crippen molar-refractivity contribution in [3.8, 4) is 0 Å². The summed E-state index contributed by atoms with van der Waals surface area (Å²) in [5, 5.41) is 0. The Labute approximate surface area is 71.8 Å². The fraction of sp³-hybridized carbons (Fsp3) is 0.500. The Balaban J connectivity index is 0.000000261. The molecule has 0 bridgehead atoms. The van der Waals surface area contributed by atoms with E-state index in [1.54, 1.807) is 0 Å². The summed E-state index contributed by atoms with van der Waals surface area (Å²) in [5.74, 6) is 1.17. The summed E-state index contributed by atoms with van der Waals surface area (Å²) < 4.78 is 0. The van der Waals surface area contributed by atoms with Crippen LogP contribution in [0.1, 0.15) is 20.8 Å². The van der Waals surface area contributed by atoms with Gasteiger partial charge in [-0.3, -0.25) is 4.98 Å². The second-order valence-corrected chi connectivity index (χ2v) is 3.06. The third-order valence-corrected chi connectivity index (χ3v) is 0.697. The molecule has 0 radical (unpaired) electrons.